The van der Waals surface area contributed by atoms with Crippen LogP contribution in [0.5, 0.6) is 0 Å². The van der Waals surface area contributed by atoms with E-state index in [4.69, 9.17) is 5.11 Å². The van der Waals surface area contributed by atoms with E-state index in [1.165, 1.54) is 0 Å². The van der Waals surface area contributed by atoms with E-state index in [9.17, 15) is 9.59 Å². The lowest BCUT2D eigenvalue weighted by Gasteiger charge is -2.07. The van der Waals surface area contributed by atoms with Crippen molar-refractivity contribution in [1.82, 2.24) is 0 Å². The molecule has 0 aliphatic rings. The maximum Gasteiger partial charge on any atom is 0.303 e. The van der Waals surface area contributed by atoms with Gasteiger partial charge in [0, 0.05) is 38.8 Å². The van der Waals surface area contributed by atoms with Crippen LogP contribution < -0.4 is 10.7 Å². The maximum absolute atomic E-state index is 12.6. The van der Waals surface area contributed by atoms with Crippen molar-refractivity contribution in [2.45, 2.75) is 12.8 Å². The van der Waals surface area contributed by atoms with Crippen molar-refractivity contribution in [3.8, 4) is 0 Å². The Bertz CT molecular complexity index is 901. The number of carboxylic acids is 1. The minimum Gasteiger partial charge on any atom is -0.481 e. The highest BCUT2D eigenvalue weighted by molar-refractivity contribution is 7.24. The Morgan fingerprint density at radius 2 is 1.86 bits per heavy atom. The Labute approximate surface area is 131 Å². The van der Waals surface area contributed by atoms with E-state index >= 15 is 0 Å². The predicted molar refractivity (Wildman–Crippen MR) is 91.0 cm³/mol. The first kappa shape index (κ1) is 14.5. The van der Waals surface area contributed by atoms with Gasteiger partial charge in [-0.05, 0) is 36.8 Å². The Morgan fingerprint density at radius 3 is 2.68 bits per heavy atom. The number of benzene rings is 2. The molecule has 0 saturated carbocycles. The van der Waals surface area contributed by atoms with Crippen LogP contribution in [0.2, 0.25) is 0 Å². The molecule has 0 fully saturated rings. The first-order valence-electron chi connectivity index (χ1n) is 7.06. The summed E-state index contributed by atoms with van der Waals surface area (Å²) >= 11 is 1.60. The fourth-order valence-electron chi connectivity index (χ4n) is 2.39. The molecule has 1 aromatic heterocycles. The highest BCUT2D eigenvalue weighted by Gasteiger charge is 2.06. The van der Waals surface area contributed by atoms with Crippen LogP contribution in [0.25, 0.3) is 20.2 Å². The second kappa shape index (κ2) is 6.15. The smallest absolute Gasteiger partial charge is 0.303 e. The van der Waals surface area contributed by atoms with Crippen molar-refractivity contribution in [2.24, 2.45) is 0 Å². The van der Waals surface area contributed by atoms with E-state index in [1.54, 1.807) is 11.3 Å². The van der Waals surface area contributed by atoms with Gasteiger partial charge in [-0.15, -0.1) is 11.3 Å². The van der Waals surface area contributed by atoms with E-state index < -0.39 is 5.97 Å². The largest absolute Gasteiger partial charge is 0.481 e. The lowest BCUT2D eigenvalue weighted by molar-refractivity contribution is -0.137. The Kier molecular flexibility index (Phi) is 4.06. The van der Waals surface area contributed by atoms with E-state index in [1.807, 2.05) is 42.5 Å². The molecule has 2 aromatic carbocycles. The fourth-order valence-corrected chi connectivity index (χ4v) is 3.44. The first-order chi connectivity index (χ1) is 10.6. The SMILES string of the molecule is O=C(O)CCCNc1ccc2sc3ccccc3c(=O)c2c1. The standard InChI is InChI=1S/C17H15NO3S/c19-16(20)6-3-9-18-11-7-8-15-13(10-11)17(21)12-4-1-2-5-14(12)22-15/h1-2,4-5,7-8,10,18H,3,6,9H2,(H,19,20). The molecule has 0 aliphatic carbocycles. The maximum atomic E-state index is 12.6. The third kappa shape index (κ3) is 2.94. The summed E-state index contributed by atoms with van der Waals surface area (Å²) in [7, 11) is 0. The normalized spacial score (nSPS) is 10.9. The summed E-state index contributed by atoms with van der Waals surface area (Å²) in [5.41, 5.74) is 0.885. The van der Waals surface area contributed by atoms with Crippen molar-refractivity contribution < 1.29 is 9.90 Å². The summed E-state index contributed by atoms with van der Waals surface area (Å²) in [5.74, 6) is -0.796. The van der Waals surface area contributed by atoms with Crippen molar-refractivity contribution in [1.29, 1.82) is 0 Å². The number of hydrogen-bond donors (Lipinski definition) is 2. The van der Waals surface area contributed by atoms with Crippen LogP contribution in [-0.2, 0) is 4.79 Å². The monoisotopic (exact) mass is 313 g/mol. The molecule has 4 nitrogen and oxygen atoms in total. The summed E-state index contributed by atoms with van der Waals surface area (Å²) < 4.78 is 1.95. The van der Waals surface area contributed by atoms with Gasteiger partial charge < -0.3 is 10.4 Å². The third-order valence-electron chi connectivity index (χ3n) is 3.47. The summed E-state index contributed by atoms with van der Waals surface area (Å²) in [4.78, 5) is 23.0. The van der Waals surface area contributed by atoms with Gasteiger partial charge in [0.05, 0.1) is 0 Å². The molecule has 0 amide bonds. The van der Waals surface area contributed by atoms with Gasteiger partial charge in [0.25, 0.3) is 0 Å². The second-order valence-electron chi connectivity index (χ2n) is 5.06. The molecule has 0 spiro atoms. The second-order valence-corrected chi connectivity index (χ2v) is 6.15. The topological polar surface area (TPSA) is 66.4 Å². The van der Waals surface area contributed by atoms with Crippen LogP contribution in [0.4, 0.5) is 5.69 Å². The van der Waals surface area contributed by atoms with Gasteiger partial charge in [-0.2, -0.15) is 0 Å². The summed E-state index contributed by atoms with van der Waals surface area (Å²) in [6.07, 6.45) is 0.693. The van der Waals surface area contributed by atoms with Gasteiger partial charge >= 0.3 is 5.97 Å². The van der Waals surface area contributed by atoms with Crippen molar-refractivity contribution in [3.63, 3.8) is 0 Å². The first-order valence-corrected chi connectivity index (χ1v) is 7.88. The zero-order valence-electron chi connectivity index (χ0n) is 11.8. The number of anilines is 1. The number of rotatable bonds is 5. The number of carboxylic acid groups (broad SMARTS) is 1. The van der Waals surface area contributed by atoms with Crippen molar-refractivity contribution in [3.05, 3.63) is 52.7 Å². The molecule has 0 unspecified atom stereocenters. The van der Waals surface area contributed by atoms with Gasteiger partial charge in [-0.1, -0.05) is 12.1 Å². The molecule has 0 radical (unpaired) electrons. The van der Waals surface area contributed by atoms with Gasteiger partial charge in [0.15, 0.2) is 5.43 Å². The molecular formula is C17H15NO3S. The number of nitrogens with one attached hydrogen (secondary N) is 1. The van der Waals surface area contributed by atoms with E-state index in [-0.39, 0.29) is 11.8 Å². The van der Waals surface area contributed by atoms with Crippen LogP contribution in [0.15, 0.2) is 47.3 Å². The van der Waals surface area contributed by atoms with Crippen molar-refractivity contribution in [2.75, 3.05) is 11.9 Å². The van der Waals surface area contributed by atoms with Gasteiger partial charge in [0.1, 0.15) is 0 Å². The Balaban J connectivity index is 1.92. The molecule has 5 heteroatoms. The van der Waals surface area contributed by atoms with E-state index in [2.05, 4.69) is 5.32 Å². The number of carbonyl (C=O) groups is 1. The molecule has 2 N–H and O–H groups in total. The molecule has 0 atom stereocenters. The van der Waals surface area contributed by atoms with Gasteiger partial charge in [0.2, 0.25) is 0 Å². The van der Waals surface area contributed by atoms with E-state index in [0.717, 1.165) is 20.5 Å². The molecule has 0 aliphatic heterocycles. The van der Waals surface area contributed by atoms with Crippen LogP contribution in [0.3, 0.4) is 0 Å². The third-order valence-corrected chi connectivity index (χ3v) is 4.62. The van der Waals surface area contributed by atoms with Crippen LogP contribution in [0.1, 0.15) is 12.8 Å². The molecule has 1 heterocycles. The number of fused-ring (bicyclic) bond motifs is 2. The van der Waals surface area contributed by atoms with Crippen molar-refractivity contribution >= 4 is 43.2 Å². The molecular weight excluding hydrogens is 298 g/mol. The minimum atomic E-state index is -0.796. The van der Waals surface area contributed by atoms with Gasteiger partial charge in [-0.25, -0.2) is 0 Å². The lowest BCUT2D eigenvalue weighted by Crippen LogP contribution is -2.06. The highest BCUT2D eigenvalue weighted by atomic mass is 32.1. The average molecular weight is 313 g/mol. The zero-order chi connectivity index (χ0) is 15.5. The minimum absolute atomic E-state index is 0.0403. The molecule has 3 rings (SSSR count). The zero-order valence-corrected chi connectivity index (χ0v) is 12.7. The Morgan fingerprint density at radius 1 is 1.09 bits per heavy atom. The quantitative estimate of drug-likeness (QED) is 0.557. The number of aliphatic carboxylic acids is 1. The fraction of sp³-hybridized carbons (Fsp3) is 0.176. The molecule has 0 saturated heterocycles. The highest BCUT2D eigenvalue weighted by Crippen LogP contribution is 2.26. The van der Waals surface area contributed by atoms with E-state index in [0.29, 0.717) is 18.4 Å². The van der Waals surface area contributed by atoms with Crippen LogP contribution >= 0.6 is 11.3 Å². The molecule has 22 heavy (non-hydrogen) atoms. The summed E-state index contributed by atoms with van der Waals surface area (Å²) in [5, 5.41) is 13.2. The summed E-state index contributed by atoms with van der Waals surface area (Å²) in [6, 6.07) is 13.3. The lowest BCUT2D eigenvalue weighted by atomic mass is 10.1. The van der Waals surface area contributed by atoms with Crippen LogP contribution in [-0.4, -0.2) is 17.6 Å². The molecule has 112 valence electrons. The summed E-state index contributed by atoms with van der Waals surface area (Å²) in [6.45, 7) is 0.572. The van der Waals surface area contributed by atoms with Gasteiger partial charge in [-0.3, -0.25) is 9.59 Å². The average Bonchev–Trinajstić information content (AvgIpc) is 2.52. The number of hydrogen-bond acceptors (Lipinski definition) is 4. The predicted octanol–water partition coefficient (Wildman–Crippen LogP) is 3.69. The molecule has 0 bridgehead atoms. The Hall–Kier alpha value is -2.40. The molecule has 3 aromatic rings. The van der Waals surface area contributed by atoms with Crippen LogP contribution in [0, 0.1) is 0 Å².